The van der Waals surface area contributed by atoms with Gasteiger partial charge in [0, 0.05) is 0 Å². The molecule has 1 aromatic carbocycles. The van der Waals surface area contributed by atoms with Crippen molar-refractivity contribution in [3.8, 4) is 0 Å². The zero-order chi connectivity index (χ0) is 9.82. The van der Waals surface area contributed by atoms with Crippen molar-refractivity contribution in [1.29, 1.82) is 0 Å². The van der Waals surface area contributed by atoms with Crippen LogP contribution in [0.5, 0.6) is 0 Å². The van der Waals surface area contributed by atoms with E-state index in [1.54, 1.807) is 12.1 Å². The molecule has 0 heterocycles. The molecule has 0 radical (unpaired) electrons. The Balaban J connectivity index is 0. The lowest BCUT2D eigenvalue weighted by atomic mass is 10.3. The number of benzene rings is 1. The molecular weight excluding hydrogens is 146 g/mol. The fraction of sp³-hybridized carbons (Fsp3) is 0.364. The minimum atomic E-state index is 0.701. The van der Waals surface area contributed by atoms with E-state index in [0.717, 1.165) is 0 Å². The van der Waals surface area contributed by atoms with Gasteiger partial charge in [0.2, 0.25) is 0 Å². The van der Waals surface area contributed by atoms with E-state index in [1.807, 2.05) is 45.9 Å². The average molecular weight is 163 g/mol. The summed E-state index contributed by atoms with van der Waals surface area (Å²) < 4.78 is 0. The molecule has 0 N–H and O–H groups in total. The van der Waals surface area contributed by atoms with Crippen molar-refractivity contribution in [2.45, 2.75) is 27.7 Å². The first-order valence-corrected chi connectivity index (χ1v) is 4.36. The molecule has 1 heteroatoms. The Morgan fingerprint density at radius 3 is 1.58 bits per heavy atom. The first-order chi connectivity index (χ1) is 5.93. The summed E-state index contributed by atoms with van der Waals surface area (Å²) in [6.45, 7) is 14.6. The molecular formula is C11H17N. The normalized spacial score (nSPS) is 6.25. The van der Waals surface area contributed by atoms with Crippen molar-refractivity contribution >= 4 is 5.69 Å². The van der Waals surface area contributed by atoms with Crippen LogP contribution in [0.2, 0.25) is 0 Å². The van der Waals surface area contributed by atoms with Crippen LogP contribution in [0.1, 0.15) is 27.7 Å². The van der Waals surface area contributed by atoms with Crippen LogP contribution in [0.15, 0.2) is 30.3 Å². The number of rotatable bonds is 0. The maximum absolute atomic E-state index is 6.57. The van der Waals surface area contributed by atoms with Crippen LogP contribution in [0.3, 0.4) is 0 Å². The lowest BCUT2D eigenvalue weighted by molar-refractivity contribution is 1.50. The molecule has 0 unspecified atom stereocenters. The van der Waals surface area contributed by atoms with Crippen LogP contribution < -0.4 is 0 Å². The molecule has 0 spiro atoms. The highest BCUT2D eigenvalue weighted by molar-refractivity contribution is 5.42. The highest BCUT2D eigenvalue weighted by Gasteiger charge is 1.79. The SMILES string of the molecule is CC.CC.[C-]#[N+]c1ccccc1. The van der Waals surface area contributed by atoms with Gasteiger partial charge in [0.15, 0.2) is 5.69 Å². The van der Waals surface area contributed by atoms with Gasteiger partial charge < -0.3 is 0 Å². The summed E-state index contributed by atoms with van der Waals surface area (Å²) in [4.78, 5) is 3.22. The van der Waals surface area contributed by atoms with Gasteiger partial charge >= 0.3 is 0 Å². The molecule has 0 atom stereocenters. The fourth-order valence-electron chi connectivity index (χ4n) is 0.503. The van der Waals surface area contributed by atoms with Gasteiger partial charge in [0.25, 0.3) is 0 Å². The summed E-state index contributed by atoms with van der Waals surface area (Å²) >= 11 is 0. The fourth-order valence-corrected chi connectivity index (χ4v) is 0.503. The molecule has 66 valence electrons. The van der Waals surface area contributed by atoms with Crippen LogP contribution in [0.25, 0.3) is 4.85 Å². The van der Waals surface area contributed by atoms with Gasteiger partial charge in [-0.05, 0) is 0 Å². The van der Waals surface area contributed by atoms with Crippen molar-refractivity contribution < 1.29 is 0 Å². The molecule has 1 nitrogen and oxygen atoms in total. The van der Waals surface area contributed by atoms with Crippen molar-refractivity contribution in [1.82, 2.24) is 0 Å². The lowest BCUT2D eigenvalue weighted by Gasteiger charge is -1.80. The summed E-state index contributed by atoms with van der Waals surface area (Å²) in [5.41, 5.74) is 0.701. The van der Waals surface area contributed by atoms with E-state index in [0.29, 0.717) is 5.69 Å². The second kappa shape index (κ2) is 12.4. The molecule has 0 saturated carbocycles. The zero-order valence-electron chi connectivity index (χ0n) is 8.33. The van der Waals surface area contributed by atoms with E-state index in [-0.39, 0.29) is 0 Å². The van der Waals surface area contributed by atoms with Crippen molar-refractivity contribution in [3.05, 3.63) is 41.7 Å². The highest BCUT2D eigenvalue weighted by Crippen LogP contribution is 2.07. The van der Waals surface area contributed by atoms with E-state index >= 15 is 0 Å². The van der Waals surface area contributed by atoms with E-state index in [9.17, 15) is 0 Å². The summed E-state index contributed by atoms with van der Waals surface area (Å²) in [6, 6.07) is 9.18. The van der Waals surface area contributed by atoms with Gasteiger partial charge in [-0.3, -0.25) is 0 Å². The molecule has 0 amide bonds. The Hall–Kier alpha value is -1.29. The molecule has 0 aromatic heterocycles. The smallest absolute Gasteiger partial charge is 0.187 e. The van der Waals surface area contributed by atoms with Crippen molar-refractivity contribution in [2.75, 3.05) is 0 Å². The maximum Gasteiger partial charge on any atom is 0.187 e. The summed E-state index contributed by atoms with van der Waals surface area (Å²) in [7, 11) is 0. The molecule has 0 bridgehead atoms. The first-order valence-electron chi connectivity index (χ1n) is 4.36. The van der Waals surface area contributed by atoms with Crippen molar-refractivity contribution in [3.63, 3.8) is 0 Å². The van der Waals surface area contributed by atoms with Crippen LogP contribution in [0.4, 0.5) is 5.69 Å². The predicted molar refractivity (Wildman–Crippen MR) is 55.4 cm³/mol. The average Bonchev–Trinajstić information content (AvgIpc) is 2.25. The Labute approximate surface area is 75.9 Å². The van der Waals surface area contributed by atoms with Crippen LogP contribution in [-0.2, 0) is 0 Å². The van der Waals surface area contributed by atoms with E-state index in [2.05, 4.69) is 4.85 Å². The van der Waals surface area contributed by atoms with Crippen molar-refractivity contribution in [2.24, 2.45) is 0 Å². The van der Waals surface area contributed by atoms with Crippen LogP contribution >= 0.6 is 0 Å². The predicted octanol–water partition coefficient (Wildman–Crippen LogP) is 4.29. The topological polar surface area (TPSA) is 4.36 Å². The molecule has 12 heavy (non-hydrogen) atoms. The highest BCUT2D eigenvalue weighted by atomic mass is 14.6. The molecule has 0 fully saturated rings. The third-order valence-electron chi connectivity index (χ3n) is 0.885. The summed E-state index contributed by atoms with van der Waals surface area (Å²) in [5, 5.41) is 0. The standard InChI is InChI=1S/C7H5N.2C2H6/c1-8-7-5-3-2-4-6-7;2*1-2/h2-6H;2*1-2H3. The monoisotopic (exact) mass is 163 g/mol. The van der Waals surface area contributed by atoms with Gasteiger partial charge in [-0.15, -0.1) is 0 Å². The molecule has 0 saturated heterocycles. The maximum atomic E-state index is 6.57. The lowest BCUT2D eigenvalue weighted by Crippen LogP contribution is -1.54. The van der Waals surface area contributed by atoms with E-state index < -0.39 is 0 Å². The minimum absolute atomic E-state index is 0.701. The van der Waals surface area contributed by atoms with Gasteiger partial charge in [0.05, 0.1) is 6.57 Å². The first kappa shape index (κ1) is 13.3. The number of para-hydroxylation sites is 1. The second-order valence-electron chi connectivity index (χ2n) is 1.45. The quantitative estimate of drug-likeness (QED) is 0.502. The third kappa shape index (κ3) is 6.82. The van der Waals surface area contributed by atoms with E-state index in [4.69, 9.17) is 6.57 Å². The summed E-state index contributed by atoms with van der Waals surface area (Å²) in [6.07, 6.45) is 0. The zero-order valence-corrected chi connectivity index (χ0v) is 8.33. The van der Waals surface area contributed by atoms with Gasteiger partial charge in [-0.2, -0.15) is 0 Å². The summed E-state index contributed by atoms with van der Waals surface area (Å²) in [5.74, 6) is 0. The Kier molecular flexibility index (Phi) is 13.7. The molecule has 0 aliphatic carbocycles. The van der Waals surface area contributed by atoms with Crippen LogP contribution in [-0.4, -0.2) is 0 Å². The van der Waals surface area contributed by atoms with Gasteiger partial charge in [-0.25, -0.2) is 4.85 Å². The number of hydrogen-bond acceptors (Lipinski definition) is 0. The second-order valence-corrected chi connectivity index (χ2v) is 1.45. The Morgan fingerprint density at radius 2 is 1.33 bits per heavy atom. The van der Waals surface area contributed by atoms with Gasteiger partial charge in [0.1, 0.15) is 0 Å². The minimum Gasteiger partial charge on any atom is -0.238 e. The van der Waals surface area contributed by atoms with E-state index in [1.165, 1.54) is 0 Å². The molecule has 0 aliphatic heterocycles. The van der Waals surface area contributed by atoms with Gasteiger partial charge in [-0.1, -0.05) is 58.0 Å². The Bertz CT molecular complexity index is 196. The third-order valence-corrected chi connectivity index (χ3v) is 0.885. The van der Waals surface area contributed by atoms with Crippen LogP contribution in [0, 0.1) is 6.57 Å². The molecule has 0 aliphatic rings. The Morgan fingerprint density at radius 1 is 0.917 bits per heavy atom. The number of nitrogens with zero attached hydrogens (tertiary/aromatic N) is 1. The largest absolute Gasteiger partial charge is 0.238 e. The molecule has 1 rings (SSSR count). The number of hydrogen-bond donors (Lipinski definition) is 0. The molecule has 1 aromatic rings.